The zero-order valence-corrected chi connectivity index (χ0v) is 18.2. The summed E-state index contributed by atoms with van der Waals surface area (Å²) in [4.78, 5) is 26.7. The zero-order valence-electron chi connectivity index (χ0n) is 18.2. The largest absolute Gasteiger partial charge is 0.406 e. The van der Waals surface area contributed by atoms with Crippen molar-refractivity contribution in [3.63, 3.8) is 0 Å². The lowest BCUT2D eigenvalue weighted by atomic mass is 9.83. The third kappa shape index (κ3) is 4.00. The Hall–Kier alpha value is -3.80. The van der Waals surface area contributed by atoms with Crippen molar-refractivity contribution in [2.45, 2.75) is 24.9 Å². The number of hydrogen-bond acceptors (Lipinski definition) is 6. The highest BCUT2D eigenvalue weighted by Gasteiger charge is 2.50. The monoisotopic (exact) mass is 476 g/mol. The van der Waals surface area contributed by atoms with Gasteiger partial charge in [-0.2, -0.15) is 13.2 Å². The highest BCUT2D eigenvalue weighted by Crippen LogP contribution is 2.42. The van der Waals surface area contributed by atoms with Crippen molar-refractivity contribution in [1.82, 2.24) is 19.4 Å². The summed E-state index contributed by atoms with van der Waals surface area (Å²) in [6.45, 7) is -1.42. The third-order valence-corrected chi connectivity index (χ3v) is 5.54. The van der Waals surface area contributed by atoms with Crippen LogP contribution in [0.3, 0.4) is 0 Å². The van der Waals surface area contributed by atoms with E-state index in [1.54, 1.807) is 0 Å². The molecule has 1 atom stereocenters. The van der Waals surface area contributed by atoms with Gasteiger partial charge in [0.1, 0.15) is 18.7 Å². The molecule has 0 spiro atoms. The first-order valence-electron chi connectivity index (χ1n) is 10.0. The Morgan fingerprint density at radius 3 is 2.44 bits per heavy atom. The number of methoxy groups -OCH3 is 1. The minimum atomic E-state index is -4.51. The Bertz CT molecular complexity index is 1260. The molecular weight excluding hydrogens is 456 g/mol. The number of carbonyl (C=O) groups excluding carboxylic acids is 1. The minimum Gasteiger partial charge on any atom is -0.378 e. The van der Waals surface area contributed by atoms with E-state index in [-0.39, 0.29) is 35.0 Å². The van der Waals surface area contributed by atoms with Crippen LogP contribution in [0.1, 0.15) is 16.8 Å². The van der Waals surface area contributed by atoms with Crippen LogP contribution in [-0.4, -0.2) is 51.6 Å². The van der Waals surface area contributed by atoms with Gasteiger partial charge in [-0.1, -0.05) is 6.07 Å². The van der Waals surface area contributed by atoms with Crippen LogP contribution in [0, 0.1) is 5.82 Å². The van der Waals surface area contributed by atoms with Crippen molar-refractivity contribution in [3.8, 4) is 11.1 Å². The molecule has 8 nitrogen and oxygen atoms in total. The third-order valence-electron chi connectivity index (χ3n) is 5.54. The number of aliphatic imine (C=N–C) groups is 1. The van der Waals surface area contributed by atoms with E-state index in [1.165, 1.54) is 57.3 Å². The summed E-state index contributed by atoms with van der Waals surface area (Å²) in [6, 6.07) is 5.32. The van der Waals surface area contributed by atoms with Crippen LogP contribution < -0.4 is 5.73 Å². The SMILES string of the molecule is COCc1cc(C2(c3ccc(F)c(-c4cncnc4)c3)N=C(N)N(C)C2=O)cn1CC(F)(F)F. The maximum atomic E-state index is 14.7. The average Bonchev–Trinajstić information content (AvgIpc) is 3.28. The fourth-order valence-corrected chi connectivity index (χ4v) is 3.95. The molecule has 2 aromatic heterocycles. The van der Waals surface area contributed by atoms with Crippen LogP contribution in [0.2, 0.25) is 0 Å². The van der Waals surface area contributed by atoms with E-state index in [4.69, 9.17) is 10.5 Å². The van der Waals surface area contributed by atoms with Gasteiger partial charge in [0.05, 0.1) is 6.61 Å². The molecule has 1 aromatic carbocycles. The molecular formula is C22H20F4N6O2. The number of benzene rings is 1. The van der Waals surface area contributed by atoms with E-state index in [0.717, 1.165) is 15.5 Å². The first kappa shape index (κ1) is 23.4. The number of ether oxygens (including phenoxy) is 1. The summed E-state index contributed by atoms with van der Waals surface area (Å²) in [7, 11) is 2.75. The molecule has 12 heteroatoms. The number of halogens is 4. The van der Waals surface area contributed by atoms with Gasteiger partial charge in [-0.15, -0.1) is 0 Å². The average molecular weight is 476 g/mol. The highest BCUT2D eigenvalue weighted by molar-refractivity contribution is 6.09. The van der Waals surface area contributed by atoms with E-state index in [9.17, 15) is 22.4 Å². The first-order valence-corrected chi connectivity index (χ1v) is 10.0. The van der Waals surface area contributed by atoms with Crippen LogP contribution in [0.5, 0.6) is 0 Å². The van der Waals surface area contributed by atoms with Crippen molar-refractivity contribution >= 4 is 11.9 Å². The molecule has 34 heavy (non-hydrogen) atoms. The molecule has 0 fully saturated rings. The quantitative estimate of drug-likeness (QED) is 0.552. The van der Waals surface area contributed by atoms with Gasteiger partial charge >= 0.3 is 6.18 Å². The standard InChI is InChI=1S/C22H20F4N6O2/c1-31-19(33)22(30-20(31)27,15-5-16(10-34-2)32(9-15)11-21(24,25)26)14-3-4-18(23)17(6-14)13-7-28-12-29-8-13/h3-9,12H,10-11H2,1-2H3,(H2,27,30). The van der Waals surface area contributed by atoms with Crippen LogP contribution >= 0.6 is 0 Å². The normalized spacial score (nSPS) is 18.5. The van der Waals surface area contributed by atoms with Gasteiger partial charge in [-0.3, -0.25) is 9.69 Å². The number of rotatable bonds is 6. The van der Waals surface area contributed by atoms with Gasteiger partial charge in [0, 0.05) is 55.1 Å². The molecule has 0 aliphatic carbocycles. The topological polar surface area (TPSA) is 98.6 Å². The predicted octanol–water partition coefficient (Wildman–Crippen LogP) is 2.82. The van der Waals surface area contributed by atoms with Crippen molar-refractivity contribution in [3.05, 3.63) is 71.8 Å². The molecule has 2 N–H and O–H groups in total. The van der Waals surface area contributed by atoms with Gasteiger partial charge in [0.25, 0.3) is 5.91 Å². The van der Waals surface area contributed by atoms with Crippen LogP contribution in [0.15, 0.2) is 54.2 Å². The smallest absolute Gasteiger partial charge is 0.378 e. The molecule has 1 amide bonds. The van der Waals surface area contributed by atoms with Gasteiger partial charge < -0.3 is 15.0 Å². The summed E-state index contributed by atoms with van der Waals surface area (Å²) in [5.41, 5.74) is 5.12. The van der Waals surface area contributed by atoms with E-state index in [1.807, 2.05) is 0 Å². The molecule has 1 unspecified atom stereocenters. The van der Waals surface area contributed by atoms with Crippen LogP contribution in [0.25, 0.3) is 11.1 Å². The number of alkyl halides is 3. The summed E-state index contributed by atoms with van der Waals surface area (Å²) in [5, 5.41) is 0. The lowest BCUT2D eigenvalue weighted by Gasteiger charge is -2.25. The van der Waals surface area contributed by atoms with E-state index < -0.39 is 30.0 Å². The number of hydrogen-bond donors (Lipinski definition) is 1. The number of nitrogens with two attached hydrogens (primary N) is 1. The zero-order chi connectivity index (χ0) is 24.7. The molecule has 178 valence electrons. The highest BCUT2D eigenvalue weighted by atomic mass is 19.4. The van der Waals surface area contributed by atoms with Gasteiger partial charge in [-0.05, 0) is 23.8 Å². The Balaban J connectivity index is 1.95. The summed E-state index contributed by atoms with van der Waals surface area (Å²) < 4.78 is 60.4. The number of likely N-dealkylation sites (N-methyl/N-ethyl adjacent to an activating group) is 1. The molecule has 0 radical (unpaired) electrons. The predicted molar refractivity (Wildman–Crippen MR) is 114 cm³/mol. The van der Waals surface area contributed by atoms with Gasteiger partial charge in [0.2, 0.25) is 0 Å². The number of nitrogens with zero attached hydrogens (tertiary/aromatic N) is 5. The summed E-state index contributed by atoms with van der Waals surface area (Å²) in [6.07, 6.45) is 0.774. The number of guanidine groups is 1. The minimum absolute atomic E-state index is 0.0976. The lowest BCUT2D eigenvalue weighted by molar-refractivity contribution is -0.141. The molecule has 1 aliphatic rings. The van der Waals surface area contributed by atoms with Crippen molar-refractivity contribution in [2.75, 3.05) is 14.2 Å². The molecule has 0 saturated carbocycles. The first-order chi connectivity index (χ1) is 16.1. The lowest BCUT2D eigenvalue weighted by Crippen LogP contribution is -2.41. The Morgan fingerprint density at radius 2 is 1.85 bits per heavy atom. The molecule has 0 saturated heterocycles. The molecule has 3 heterocycles. The molecule has 4 rings (SSSR count). The van der Waals surface area contributed by atoms with E-state index >= 15 is 0 Å². The molecule has 1 aliphatic heterocycles. The number of amides is 1. The molecule has 3 aromatic rings. The maximum Gasteiger partial charge on any atom is 0.406 e. The van der Waals surface area contributed by atoms with Gasteiger partial charge in [0.15, 0.2) is 11.5 Å². The Morgan fingerprint density at radius 1 is 1.15 bits per heavy atom. The van der Waals surface area contributed by atoms with Crippen molar-refractivity contribution in [1.29, 1.82) is 0 Å². The van der Waals surface area contributed by atoms with Crippen molar-refractivity contribution < 1.29 is 27.1 Å². The Kier molecular flexibility index (Phi) is 5.86. The van der Waals surface area contributed by atoms with Crippen molar-refractivity contribution in [2.24, 2.45) is 10.7 Å². The van der Waals surface area contributed by atoms with E-state index in [0.29, 0.717) is 5.56 Å². The maximum absolute atomic E-state index is 14.7. The van der Waals surface area contributed by atoms with E-state index in [2.05, 4.69) is 15.0 Å². The summed E-state index contributed by atoms with van der Waals surface area (Å²) >= 11 is 0. The second-order valence-electron chi connectivity index (χ2n) is 7.76. The van der Waals surface area contributed by atoms with Gasteiger partial charge in [-0.25, -0.2) is 19.4 Å². The second kappa shape index (κ2) is 8.52. The van der Waals surface area contributed by atoms with Crippen LogP contribution in [-0.2, 0) is 28.2 Å². The fraction of sp³-hybridized carbons (Fsp3) is 0.273. The second-order valence-corrected chi connectivity index (χ2v) is 7.76. The summed E-state index contributed by atoms with van der Waals surface area (Å²) in [5.74, 6) is -1.32. The number of carbonyl (C=O) groups is 1. The fourth-order valence-electron chi connectivity index (χ4n) is 3.95. The molecule has 0 bridgehead atoms. The van der Waals surface area contributed by atoms with Crippen LogP contribution in [0.4, 0.5) is 17.6 Å². The number of aromatic nitrogens is 3. The Labute approximate surface area is 191 Å².